The zero-order chi connectivity index (χ0) is 9.61. The molecule has 0 rings (SSSR count). The van der Waals surface area contributed by atoms with Crippen LogP contribution in [0.4, 0.5) is 0 Å². The van der Waals surface area contributed by atoms with Gasteiger partial charge in [-0.05, 0) is 26.3 Å². The molecule has 0 radical (unpaired) electrons. The molecule has 0 heterocycles. The lowest BCUT2D eigenvalue weighted by molar-refractivity contribution is 0.0722. The number of nitrogens with one attached hydrogen (secondary N) is 2. The van der Waals surface area contributed by atoms with Crippen molar-refractivity contribution in [2.75, 3.05) is 6.54 Å². The average Bonchev–Trinajstić information content (AvgIpc) is 1.83. The Labute approximate surface area is 73.0 Å². The van der Waals surface area contributed by atoms with Crippen LogP contribution in [0.15, 0.2) is 12.3 Å². The van der Waals surface area contributed by atoms with Gasteiger partial charge in [-0.25, -0.2) is 0 Å². The molecule has 0 atom stereocenters. The summed E-state index contributed by atoms with van der Waals surface area (Å²) in [4.78, 5) is 0. The van der Waals surface area contributed by atoms with Gasteiger partial charge in [0.15, 0.2) is 0 Å². The summed E-state index contributed by atoms with van der Waals surface area (Å²) in [6, 6.07) is 0. The van der Waals surface area contributed by atoms with Crippen molar-refractivity contribution in [3.8, 4) is 0 Å². The minimum atomic E-state index is -0.642. The topological polar surface area (TPSA) is 82.1 Å². The molecule has 0 unspecified atom stereocenters. The first kappa shape index (κ1) is 11.0. The summed E-state index contributed by atoms with van der Waals surface area (Å²) in [5.74, 6) is 0.0192. The second kappa shape index (κ2) is 4.77. The van der Waals surface area contributed by atoms with Gasteiger partial charge in [0.25, 0.3) is 0 Å². The molecule has 5 N–H and O–H groups in total. The number of hydrogen-bond donors (Lipinski definition) is 4. The molecule has 0 aliphatic carbocycles. The van der Waals surface area contributed by atoms with E-state index in [1.54, 1.807) is 20.0 Å². The van der Waals surface area contributed by atoms with E-state index in [9.17, 15) is 5.11 Å². The van der Waals surface area contributed by atoms with Crippen molar-refractivity contribution in [1.82, 2.24) is 5.32 Å². The number of amidine groups is 1. The molecule has 0 aliphatic rings. The van der Waals surface area contributed by atoms with E-state index in [4.69, 9.17) is 11.1 Å². The van der Waals surface area contributed by atoms with Crippen LogP contribution in [0.1, 0.15) is 20.3 Å². The van der Waals surface area contributed by atoms with E-state index in [1.165, 1.54) is 6.08 Å². The van der Waals surface area contributed by atoms with Crippen molar-refractivity contribution in [2.24, 2.45) is 5.73 Å². The molecule has 0 aromatic heterocycles. The van der Waals surface area contributed by atoms with Crippen molar-refractivity contribution in [1.29, 1.82) is 5.41 Å². The predicted molar refractivity (Wildman–Crippen MR) is 50.0 cm³/mol. The van der Waals surface area contributed by atoms with Crippen molar-refractivity contribution < 1.29 is 5.11 Å². The van der Waals surface area contributed by atoms with Gasteiger partial charge in [0.05, 0.1) is 5.60 Å². The lowest BCUT2D eigenvalue weighted by atomic mass is 10.1. The minimum absolute atomic E-state index is 0.0192. The molecule has 4 heteroatoms. The van der Waals surface area contributed by atoms with Gasteiger partial charge in [0, 0.05) is 12.7 Å². The molecule has 70 valence electrons. The summed E-state index contributed by atoms with van der Waals surface area (Å²) in [6.45, 7) is 4.18. The van der Waals surface area contributed by atoms with Crippen LogP contribution in [0, 0.1) is 5.41 Å². The van der Waals surface area contributed by atoms with Crippen LogP contribution < -0.4 is 11.1 Å². The summed E-state index contributed by atoms with van der Waals surface area (Å²) in [6.07, 6.45) is 3.73. The predicted octanol–water partition coefficient (Wildman–Crippen LogP) is 0.187. The molecular formula is C8H17N3O. The van der Waals surface area contributed by atoms with Crippen LogP contribution in [0.2, 0.25) is 0 Å². The number of aliphatic hydroxyl groups is 1. The first-order valence-corrected chi connectivity index (χ1v) is 3.88. The molecule has 0 saturated heterocycles. The van der Waals surface area contributed by atoms with Crippen molar-refractivity contribution >= 4 is 5.84 Å². The lowest BCUT2D eigenvalue weighted by Crippen LogP contribution is -2.24. The average molecular weight is 171 g/mol. The SMILES string of the molecule is CC(C)(O)CCN/C=C\C(=N)N. The Balaban J connectivity index is 3.40. The van der Waals surface area contributed by atoms with E-state index in [2.05, 4.69) is 5.32 Å². The summed E-state index contributed by atoms with van der Waals surface area (Å²) < 4.78 is 0. The Bertz CT molecular complexity index is 170. The molecule has 0 saturated carbocycles. The Morgan fingerprint density at radius 2 is 2.25 bits per heavy atom. The molecule has 0 fully saturated rings. The second-order valence-corrected chi connectivity index (χ2v) is 3.31. The molecule has 0 spiro atoms. The first-order chi connectivity index (χ1) is 5.42. The van der Waals surface area contributed by atoms with Crippen LogP contribution in [0.25, 0.3) is 0 Å². The van der Waals surface area contributed by atoms with Crippen LogP contribution in [-0.4, -0.2) is 23.1 Å². The van der Waals surface area contributed by atoms with Gasteiger partial charge in [0.1, 0.15) is 5.84 Å². The fraction of sp³-hybridized carbons (Fsp3) is 0.625. The summed E-state index contributed by atoms with van der Waals surface area (Å²) in [5.41, 5.74) is 4.43. The maximum Gasteiger partial charge on any atom is 0.116 e. The smallest absolute Gasteiger partial charge is 0.116 e. The molecular weight excluding hydrogens is 154 g/mol. The third-order valence-corrected chi connectivity index (χ3v) is 1.26. The van der Waals surface area contributed by atoms with Gasteiger partial charge in [-0.1, -0.05) is 0 Å². The Morgan fingerprint density at radius 1 is 1.67 bits per heavy atom. The van der Waals surface area contributed by atoms with E-state index in [-0.39, 0.29) is 5.84 Å². The molecule has 0 bridgehead atoms. The second-order valence-electron chi connectivity index (χ2n) is 3.31. The summed E-state index contributed by atoms with van der Waals surface area (Å²) >= 11 is 0. The van der Waals surface area contributed by atoms with Gasteiger partial charge in [0.2, 0.25) is 0 Å². The van der Waals surface area contributed by atoms with Crippen LogP contribution >= 0.6 is 0 Å². The highest BCUT2D eigenvalue weighted by Gasteiger charge is 2.10. The van der Waals surface area contributed by atoms with E-state index >= 15 is 0 Å². The standard InChI is InChI=1S/C8H17N3O/c1-8(2,12)4-6-11-5-3-7(9)10/h3,5,11-12H,4,6H2,1-2H3,(H3,9,10)/b5-3-. The fourth-order valence-corrected chi connectivity index (χ4v) is 0.610. The zero-order valence-corrected chi connectivity index (χ0v) is 7.59. The maximum atomic E-state index is 9.30. The zero-order valence-electron chi connectivity index (χ0n) is 7.59. The third kappa shape index (κ3) is 8.97. The molecule has 4 nitrogen and oxygen atoms in total. The van der Waals surface area contributed by atoms with Crippen molar-refractivity contribution in [3.05, 3.63) is 12.3 Å². The normalized spacial score (nSPS) is 11.9. The molecule has 0 aromatic rings. The monoisotopic (exact) mass is 171 g/mol. The van der Waals surface area contributed by atoms with Gasteiger partial charge >= 0.3 is 0 Å². The highest BCUT2D eigenvalue weighted by molar-refractivity contribution is 5.88. The fourth-order valence-electron chi connectivity index (χ4n) is 0.610. The molecule has 0 aliphatic heterocycles. The number of hydrogen-bond acceptors (Lipinski definition) is 3. The molecule has 0 aromatic carbocycles. The van der Waals surface area contributed by atoms with Gasteiger partial charge < -0.3 is 16.2 Å². The van der Waals surface area contributed by atoms with E-state index in [0.29, 0.717) is 13.0 Å². The van der Waals surface area contributed by atoms with E-state index in [1.807, 2.05) is 0 Å². The first-order valence-electron chi connectivity index (χ1n) is 3.88. The largest absolute Gasteiger partial charge is 0.391 e. The van der Waals surface area contributed by atoms with E-state index in [0.717, 1.165) is 0 Å². The van der Waals surface area contributed by atoms with Gasteiger partial charge in [-0.2, -0.15) is 0 Å². The van der Waals surface area contributed by atoms with Crippen molar-refractivity contribution in [3.63, 3.8) is 0 Å². The van der Waals surface area contributed by atoms with Crippen LogP contribution in [-0.2, 0) is 0 Å². The summed E-state index contributed by atoms with van der Waals surface area (Å²) in [5, 5.41) is 19.1. The molecule has 12 heavy (non-hydrogen) atoms. The Hall–Kier alpha value is -1.03. The van der Waals surface area contributed by atoms with Gasteiger partial charge in [-0.15, -0.1) is 0 Å². The Kier molecular flexibility index (Phi) is 4.36. The van der Waals surface area contributed by atoms with Crippen molar-refractivity contribution in [2.45, 2.75) is 25.9 Å². The highest BCUT2D eigenvalue weighted by Crippen LogP contribution is 2.04. The van der Waals surface area contributed by atoms with E-state index < -0.39 is 5.60 Å². The molecule has 0 amide bonds. The Morgan fingerprint density at radius 3 is 2.67 bits per heavy atom. The lowest BCUT2D eigenvalue weighted by Gasteiger charge is -2.16. The van der Waals surface area contributed by atoms with Gasteiger partial charge in [-0.3, -0.25) is 5.41 Å². The maximum absolute atomic E-state index is 9.30. The number of rotatable bonds is 5. The third-order valence-electron chi connectivity index (χ3n) is 1.26. The van der Waals surface area contributed by atoms with Crippen LogP contribution in [0.3, 0.4) is 0 Å². The highest BCUT2D eigenvalue weighted by atomic mass is 16.3. The quantitative estimate of drug-likeness (QED) is 0.271. The van der Waals surface area contributed by atoms with Crippen LogP contribution in [0.5, 0.6) is 0 Å². The summed E-state index contributed by atoms with van der Waals surface area (Å²) in [7, 11) is 0. The number of nitrogens with two attached hydrogens (primary N) is 1. The minimum Gasteiger partial charge on any atom is -0.391 e.